The molecule has 0 radical (unpaired) electrons. The van der Waals surface area contributed by atoms with Crippen molar-refractivity contribution in [2.45, 2.75) is 24.5 Å². The Bertz CT molecular complexity index is 1260. The Kier molecular flexibility index (Phi) is 8.02. The topological polar surface area (TPSA) is 100 Å². The van der Waals surface area contributed by atoms with E-state index >= 15 is 0 Å². The Morgan fingerprint density at radius 1 is 1.03 bits per heavy atom. The molecule has 0 spiro atoms. The number of pyridine rings is 1. The molecule has 2 aromatic carbocycles. The fraction of sp³-hybridized carbons (Fsp3) is 0.280. The second kappa shape index (κ2) is 11.2. The number of nitrogens with zero attached hydrogens (tertiary/aromatic N) is 3. The molecule has 184 valence electrons. The Hall–Kier alpha value is -2.98. The van der Waals surface area contributed by atoms with Gasteiger partial charge in [-0.1, -0.05) is 35.9 Å². The Balaban J connectivity index is 1.45. The lowest BCUT2D eigenvalue weighted by atomic mass is 10.1. The molecule has 0 atom stereocenters. The zero-order valence-electron chi connectivity index (χ0n) is 19.0. The van der Waals surface area contributed by atoms with Gasteiger partial charge in [-0.25, -0.2) is 8.42 Å². The summed E-state index contributed by atoms with van der Waals surface area (Å²) in [7, 11) is -3.58. The van der Waals surface area contributed by atoms with Gasteiger partial charge in [0.25, 0.3) is 0 Å². The van der Waals surface area contributed by atoms with Crippen LogP contribution < -0.4 is 4.74 Å². The van der Waals surface area contributed by atoms with Crippen molar-refractivity contribution < 1.29 is 23.1 Å². The summed E-state index contributed by atoms with van der Waals surface area (Å²) in [5.74, 6) is -0.237. The minimum atomic E-state index is -3.58. The van der Waals surface area contributed by atoms with E-state index in [-0.39, 0.29) is 11.3 Å². The molecule has 1 fully saturated rings. The van der Waals surface area contributed by atoms with Crippen molar-refractivity contribution in [2.75, 3.05) is 26.2 Å². The molecule has 4 rings (SSSR count). The smallest absolute Gasteiger partial charge is 0.307 e. The third-order valence-corrected chi connectivity index (χ3v) is 7.92. The zero-order chi connectivity index (χ0) is 24.8. The summed E-state index contributed by atoms with van der Waals surface area (Å²) in [6.45, 7) is 2.66. The number of carboxylic acids is 1. The molecule has 0 unspecified atom stereocenters. The van der Waals surface area contributed by atoms with Gasteiger partial charge in [-0.2, -0.15) is 4.31 Å². The number of benzene rings is 2. The highest BCUT2D eigenvalue weighted by Crippen LogP contribution is 2.25. The first-order valence-electron chi connectivity index (χ1n) is 11.1. The van der Waals surface area contributed by atoms with Gasteiger partial charge in [-0.15, -0.1) is 0 Å². The fourth-order valence-corrected chi connectivity index (χ4v) is 5.45. The lowest BCUT2D eigenvalue weighted by Gasteiger charge is -2.34. The van der Waals surface area contributed by atoms with Gasteiger partial charge in [0.05, 0.1) is 6.42 Å². The number of aliphatic carboxylic acids is 1. The minimum Gasteiger partial charge on any atom is -0.489 e. The van der Waals surface area contributed by atoms with Crippen LogP contribution in [0.2, 0.25) is 5.02 Å². The molecule has 0 bridgehead atoms. The quantitative estimate of drug-likeness (QED) is 0.466. The molecule has 0 aliphatic carbocycles. The maximum Gasteiger partial charge on any atom is 0.307 e. The van der Waals surface area contributed by atoms with Crippen LogP contribution in [0.5, 0.6) is 5.75 Å². The molecule has 0 amide bonds. The number of hydrogen-bond acceptors (Lipinski definition) is 6. The molecule has 1 aliphatic heterocycles. The monoisotopic (exact) mass is 515 g/mol. The highest BCUT2D eigenvalue weighted by molar-refractivity contribution is 7.89. The summed E-state index contributed by atoms with van der Waals surface area (Å²) in [4.78, 5) is 17.5. The predicted octanol–water partition coefficient (Wildman–Crippen LogP) is 3.45. The Labute approximate surface area is 209 Å². The van der Waals surface area contributed by atoms with Crippen LogP contribution in [0.4, 0.5) is 0 Å². The molecule has 0 saturated carbocycles. The fourth-order valence-electron chi connectivity index (χ4n) is 3.94. The first kappa shape index (κ1) is 25.1. The van der Waals surface area contributed by atoms with E-state index in [1.54, 1.807) is 42.6 Å². The second-order valence-electron chi connectivity index (χ2n) is 8.30. The van der Waals surface area contributed by atoms with Gasteiger partial charge in [-0.05, 0) is 41.5 Å². The number of ether oxygens (including phenoxy) is 1. The van der Waals surface area contributed by atoms with E-state index in [0.717, 1.165) is 11.1 Å². The van der Waals surface area contributed by atoms with Crippen molar-refractivity contribution in [2.24, 2.45) is 0 Å². The standard InChI is InChI=1S/C25H26ClN3O5S/c26-22-6-3-19(4-7-22)18-34-24-8-5-20(15-25(30)31)14-21(24)17-28-10-12-29(13-11-28)35(32,33)23-2-1-9-27-16-23/h1-9,14,16H,10-13,15,17-18H2,(H,30,31). The van der Waals surface area contributed by atoms with Gasteiger partial charge in [0.15, 0.2) is 0 Å². The zero-order valence-corrected chi connectivity index (χ0v) is 20.6. The highest BCUT2D eigenvalue weighted by Gasteiger charge is 2.29. The lowest BCUT2D eigenvalue weighted by molar-refractivity contribution is -0.136. The Morgan fingerprint density at radius 2 is 1.74 bits per heavy atom. The maximum absolute atomic E-state index is 12.9. The SMILES string of the molecule is O=C(O)Cc1ccc(OCc2ccc(Cl)cc2)c(CN2CCN(S(=O)(=O)c3cccnc3)CC2)c1. The molecular formula is C25H26ClN3O5S. The number of hydrogen-bond donors (Lipinski definition) is 1. The molecule has 35 heavy (non-hydrogen) atoms. The van der Waals surface area contributed by atoms with Gasteiger partial charge in [-0.3, -0.25) is 14.7 Å². The van der Waals surface area contributed by atoms with Crippen molar-refractivity contribution >= 4 is 27.6 Å². The number of halogens is 1. The average Bonchev–Trinajstić information content (AvgIpc) is 2.85. The normalized spacial score (nSPS) is 15.1. The maximum atomic E-state index is 12.9. The number of carboxylic acid groups (broad SMARTS) is 1. The van der Waals surface area contributed by atoms with Crippen molar-refractivity contribution in [3.05, 3.63) is 88.7 Å². The third-order valence-electron chi connectivity index (χ3n) is 5.79. The van der Waals surface area contributed by atoms with Crippen molar-refractivity contribution in [3.63, 3.8) is 0 Å². The largest absolute Gasteiger partial charge is 0.489 e. The van der Waals surface area contributed by atoms with Crippen LogP contribution in [0.15, 0.2) is 71.9 Å². The molecule has 3 aromatic rings. The van der Waals surface area contributed by atoms with Crippen LogP contribution >= 0.6 is 11.6 Å². The molecule has 2 heterocycles. The molecular weight excluding hydrogens is 490 g/mol. The number of piperazine rings is 1. The molecule has 1 N–H and O–H groups in total. The molecule has 10 heteroatoms. The van der Waals surface area contributed by atoms with Crippen LogP contribution in [-0.4, -0.2) is 59.9 Å². The average molecular weight is 516 g/mol. The van der Waals surface area contributed by atoms with E-state index in [1.807, 2.05) is 18.2 Å². The number of sulfonamides is 1. The van der Waals surface area contributed by atoms with Gasteiger partial charge in [0, 0.05) is 55.7 Å². The third kappa shape index (κ3) is 6.58. The summed E-state index contributed by atoms with van der Waals surface area (Å²) < 4.78 is 33.3. The minimum absolute atomic E-state index is 0.0817. The summed E-state index contributed by atoms with van der Waals surface area (Å²) in [5, 5.41) is 9.85. The van der Waals surface area contributed by atoms with Crippen LogP contribution in [0.3, 0.4) is 0 Å². The van der Waals surface area contributed by atoms with E-state index in [0.29, 0.717) is 55.7 Å². The number of aromatic nitrogens is 1. The van der Waals surface area contributed by atoms with Crippen LogP contribution in [0.1, 0.15) is 16.7 Å². The Morgan fingerprint density at radius 3 is 2.40 bits per heavy atom. The summed E-state index contributed by atoms with van der Waals surface area (Å²) in [5.41, 5.74) is 2.51. The number of carbonyl (C=O) groups is 1. The molecule has 8 nitrogen and oxygen atoms in total. The molecule has 1 aromatic heterocycles. The van der Waals surface area contributed by atoms with Crippen molar-refractivity contribution in [1.82, 2.24) is 14.2 Å². The van der Waals surface area contributed by atoms with E-state index in [2.05, 4.69) is 9.88 Å². The molecule has 1 aliphatic rings. The summed E-state index contributed by atoms with van der Waals surface area (Å²) in [6, 6.07) is 16.0. The van der Waals surface area contributed by atoms with Crippen molar-refractivity contribution in [1.29, 1.82) is 0 Å². The summed E-state index contributed by atoms with van der Waals surface area (Å²) in [6.07, 6.45) is 2.82. The van der Waals surface area contributed by atoms with Gasteiger partial charge >= 0.3 is 5.97 Å². The van der Waals surface area contributed by atoms with Gasteiger partial charge < -0.3 is 9.84 Å². The second-order valence-corrected chi connectivity index (χ2v) is 10.7. The summed E-state index contributed by atoms with van der Waals surface area (Å²) >= 11 is 5.96. The van der Waals surface area contributed by atoms with Crippen LogP contribution in [0, 0.1) is 0 Å². The van der Waals surface area contributed by atoms with Crippen LogP contribution in [0.25, 0.3) is 0 Å². The van der Waals surface area contributed by atoms with Crippen LogP contribution in [-0.2, 0) is 34.4 Å². The van der Waals surface area contributed by atoms with Gasteiger partial charge in [0.2, 0.25) is 10.0 Å². The van der Waals surface area contributed by atoms with E-state index in [1.165, 1.54) is 10.5 Å². The first-order chi connectivity index (χ1) is 16.8. The van der Waals surface area contributed by atoms with E-state index in [4.69, 9.17) is 16.3 Å². The highest BCUT2D eigenvalue weighted by atomic mass is 35.5. The predicted molar refractivity (Wildman–Crippen MR) is 132 cm³/mol. The lowest BCUT2D eigenvalue weighted by Crippen LogP contribution is -2.48. The number of rotatable bonds is 9. The van der Waals surface area contributed by atoms with Gasteiger partial charge in [0.1, 0.15) is 17.3 Å². The van der Waals surface area contributed by atoms with Crippen molar-refractivity contribution in [3.8, 4) is 5.75 Å². The first-order valence-corrected chi connectivity index (χ1v) is 13.0. The molecule has 1 saturated heterocycles. The van der Waals surface area contributed by atoms with E-state index < -0.39 is 16.0 Å². The van der Waals surface area contributed by atoms with E-state index in [9.17, 15) is 18.3 Å².